The predicted octanol–water partition coefficient (Wildman–Crippen LogP) is -2.50. The first-order valence-electron chi connectivity index (χ1n) is 9.20. The zero-order valence-electron chi connectivity index (χ0n) is 18.4. The maximum atomic E-state index is 12.0. The Balaban J connectivity index is 2.44. The Labute approximate surface area is 166 Å². The van der Waals surface area contributed by atoms with E-state index in [0.29, 0.717) is 6.20 Å². The molecule has 0 bridgehead atoms. The highest BCUT2D eigenvalue weighted by Gasteiger charge is 2.46. The van der Waals surface area contributed by atoms with Crippen LogP contribution >= 0.6 is 23.5 Å². The summed E-state index contributed by atoms with van der Waals surface area (Å²) in [6.45, 7) is -4.25. The maximum absolute atomic E-state index is 12.0. The van der Waals surface area contributed by atoms with Gasteiger partial charge in [-0.05, 0) is 0 Å². The van der Waals surface area contributed by atoms with Crippen molar-refractivity contribution in [1.82, 2.24) is 9.55 Å². The highest BCUT2D eigenvalue weighted by atomic mass is 31.3. The number of ether oxygens (including phenoxy) is 1. The lowest BCUT2D eigenvalue weighted by Gasteiger charge is -2.19. The van der Waals surface area contributed by atoms with Crippen molar-refractivity contribution in [2.24, 2.45) is 0 Å². The third-order valence-corrected chi connectivity index (χ3v) is 6.40. The molecule has 1 aromatic heterocycles. The standard InChI is InChI=1S/C9H15N2O15P3/c12-5-1-2-11(9(15)10-5)8-7(14)6(13)4(24-8)3-23-28(19,20)26-29(21,22)25-27(16,17)18/h1-2,4,6-8,13-14H,3H2,(H,19,20)(H,21,22)(H,10,12,15)(H2,16,17,18)/t4-,6?,7+,8-/m1/s1/i1D,3D2,4D,6D. The van der Waals surface area contributed by atoms with E-state index < -0.39 is 71.8 Å². The minimum Gasteiger partial charge on any atom is -0.387 e. The van der Waals surface area contributed by atoms with E-state index in [1.54, 1.807) is 4.98 Å². The minimum absolute atomic E-state index is 0.172. The van der Waals surface area contributed by atoms with E-state index in [4.69, 9.17) is 26.3 Å². The average molecular weight is 489 g/mol. The first-order valence-corrected chi connectivity index (χ1v) is 11.2. The number of H-pyrrole nitrogens is 1. The van der Waals surface area contributed by atoms with E-state index in [1.807, 2.05) is 0 Å². The van der Waals surface area contributed by atoms with Crippen LogP contribution in [0.1, 0.15) is 13.1 Å². The van der Waals surface area contributed by atoms with E-state index in [1.165, 1.54) is 0 Å². The van der Waals surface area contributed by atoms with E-state index in [-0.39, 0.29) is 4.57 Å². The molecular weight excluding hydrogens is 469 g/mol. The van der Waals surface area contributed by atoms with Crippen LogP contribution in [-0.2, 0) is 31.6 Å². The van der Waals surface area contributed by atoms with Gasteiger partial charge < -0.3 is 34.5 Å². The molecule has 7 N–H and O–H groups in total. The smallest absolute Gasteiger partial charge is 0.387 e. The molecule has 0 spiro atoms. The number of aromatic amines is 1. The molecule has 20 heteroatoms. The van der Waals surface area contributed by atoms with Crippen molar-refractivity contribution >= 4 is 23.5 Å². The summed E-state index contributed by atoms with van der Waals surface area (Å²) in [5, 5.41) is 20.4. The van der Waals surface area contributed by atoms with Crippen LogP contribution in [0.5, 0.6) is 0 Å². The molecule has 0 saturated carbocycles. The van der Waals surface area contributed by atoms with Gasteiger partial charge in [0.15, 0.2) is 6.23 Å². The van der Waals surface area contributed by atoms with Crippen molar-refractivity contribution in [3.8, 4) is 0 Å². The van der Waals surface area contributed by atoms with Gasteiger partial charge in [-0.2, -0.15) is 8.62 Å². The Kier molecular flexibility index (Phi) is 5.23. The highest BCUT2D eigenvalue weighted by Crippen LogP contribution is 2.66. The molecule has 17 nitrogen and oxygen atoms in total. The molecule has 0 radical (unpaired) electrons. The molecule has 2 rings (SSSR count). The Morgan fingerprint density at radius 2 is 1.83 bits per heavy atom. The van der Waals surface area contributed by atoms with Crippen molar-refractivity contribution < 1.29 is 68.2 Å². The van der Waals surface area contributed by atoms with Crippen LogP contribution in [0.15, 0.2) is 21.8 Å². The Morgan fingerprint density at radius 1 is 1.21 bits per heavy atom. The molecule has 0 aliphatic carbocycles. The van der Waals surface area contributed by atoms with Gasteiger partial charge in [-0.15, -0.1) is 0 Å². The van der Waals surface area contributed by atoms with Crippen molar-refractivity contribution in [1.29, 1.82) is 0 Å². The van der Waals surface area contributed by atoms with Gasteiger partial charge >= 0.3 is 29.2 Å². The summed E-state index contributed by atoms with van der Waals surface area (Å²) >= 11 is 0. The fourth-order valence-corrected chi connectivity index (χ4v) is 4.61. The zero-order valence-corrected chi connectivity index (χ0v) is 16.1. The van der Waals surface area contributed by atoms with Gasteiger partial charge in [0, 0.05) is 12.2 Å². The normalized spacial score (nSPS) is 37.4. The second kappa shape index (κ2) is 8.61. The molecular formula is C9H15N2O15P3. The summed E-state index contributed by atoms with van der Waals surface area (Å²) in [6.07, 6.45) is -12.5. The number of phosphoric ester groups is 1. The molecule has 1 aromatic rings. The summed E-state index contributed by atoms with van der Waals surface area (Å²) in [5.41, 5.74) is -2.63. The Hall–Kier alpha value is -1.03. The number of aromatic nitrogens is 2. The summed E-state index contributed by atoms with van der Waals surface area (Å²) < 4.78 is 87.9. The number of aliphatic hydroxyl groups excluding tert-OH is 1. The lowest BCUT2D eigenvalue weighted by molar-refractivity contribution is -0.0542. The molecule has 0 amide bonds. The average Bonchev–Trinajstić information content (AvgIpc) is 2.75. The van der Waals surface area contributed by atoms with Crippen molar-refractivity contribution in [2.45, 2.75) is 24.5 Å². The van der Waals surface area contributed by atoms with Gasteiger partial charge in [0.25, 0.3) is 5.56 Å². The van der Waals surface area contributed by atoms with Gasteiger partial charge in [-0.25, -0.2) is 18.5 Å². The quantitative estimate of drug-likeness (QED) is 0.186. The molecule has 0 aromatic carbocycles. The number of rotatable bonds is 8. The number of aliphatic hydroxyl groups is 2. The van der Waals surface area contributed by atoms with Crippen LogP contribution < -0.4 is 11.2 Å². The van der Waals surface area contributed by atoms with Gasteiger partial charge in [0.2, 0.25) is 0 Å². The van der Waals surface area contributed by atoms with E-state index >= 15 is 0 Å². The van der Waals surface area contributed by atoms with Crippen LogP contribution in [0.4, 0.5) is 0 Å². The predicted molar refractivity (Wildman–Crippen MR) is 87.1 cm³/mol. The summed E-state index contributed by atoms with van der Waals surface area (Å²) in [4.78, 5) is 60.5. The van der Waals surface area contributed by atoms with Crippen molar-refractivity contribution in [3.63, 3.8) is 0 Å². The van der Waals surface area contributed by atoms with E-state index in [9.17, 15) is 38.4 Å². The molecule has 1 aliphatic heterocycles. The van der Waals surface area contributed by atoms with Gasteiger partial charge in [0.1, 0.15) is 18.3 Å². The van der Waals surface area contributed by atoms with Crippen LogP contribution in [0.2, 0.25) is 0 Å². The second-order valence-corrected chi connectivity index (χ2v) is 9.24. The summed E-state index contributed by atoms with van der Waals surface area (Å²) in [5.74, 6) is 0. The monoisotopic (exact) mass is 489 g/mol. The molecule has 3 unspecified atom stereocenters. The van der Waals surface area contributed by atoms with E-state index in [0.717, 1.165) is 0 Å². The van der Waals surface area contributed by atoms with Gasteiger partial charge in [-0.1, -0.05) is 0 Å². The van der Waals surface area contributed by atoms with Crippen LogP contribution in [0, 0.1) is 0 Å². The minimum atomic E-state index is -6.29. The molecule has 1 fully saturated rings. The number of nitrogens with zero attached hydrogens (tertiary/aromatic N) is 1. The number of hydrogen-bond acceptors (Lipinski definition) is 11. The molecule has 166 valence electrons. The Bertz CT molecular complexity index is 1230. The lowest BCUT2D eigenvalue weighted by atomic mass is 10.1. The molecule has 2 heterocycles. The van der Waals surface area contributed by atoms with Gasteiger partial charge in [0.05, 0.1) is 13.4 Å². The summed E-state index contributed by atoms with van der Waals surface area (Å²) in [6, 6.07) is -0.914. The number of hydrogen-bond donors (Lipinski definition) is 7. The number of phosphoric acid groups is 3. The number of nitrogens with one attached hydrogen (secondary N) is 1. The first-order chi connectivity index (χ1) is 14.9. The maximum Gasteiger partial charge on any atom is 0.490 e. The molecule has 29 heavy (non-hydrogen) atoms. The first kappa shape index (κ1) is 17.6. The molecule has 6 atom stereocenters. The SMILES string of the molecule is [2H]c1cn([C@@H]2O[C@]([2H])(C([2H])([2H])OP(=O)(O)OP(=O)(O)OP(=O)(O)O)C([2H])(O)[C@@H]2O)c(=O)[nH]c1=O. The van der Waals surface area contributed by atoms with E-state index in [2.05, 4.69) is 13.1 Å². The zero-order chi connectivity index (χ0) is 26.7. The summed E-state index contributed by atoms with van der Waals surface area (Å²) in [7, 11) is -18.2. The largest absolute Gasteiger partial charge is 0.490 e. The highest BCUT2D eigenvalue weighted by molar-refractivity contribution is 7.66. The van der Waals surface area contributed by atoms with Gasteiger partial charge in [-0.3, -0.25) is 18.9 Å². The molecule has 1 aliphatic rings. The third-order valence-electron chi connectivity index (χ3n) is 2.75. The fourth-order valence-electron chi connectivity index (χ4n) is 1.77. The van der Waals surface area contributed by atoms with Crippen molar-refractivity contribution in [3.05, 3.63) is 33.1 Å². The lowest BCUT2D eigenvalue weighted by Crippen LogP contribution is -2.37. The Morgan fingerprint density at radius 3 is 2.41 bits per heavy atom. The van der Waals surface area contributed by atoms with Crippen molar-refractivity contribution in [2.75, 3.05) is 6.56 Å². The third kappa shape index (κ3) is 6.73. The topological polar surface area (TPSA) is 264 Å². The van der Waals surface area contributed by atoms with Crippen LogP contribution in [-0.4, -0.2) is 64.2 Å². The fraction of sp³-hybridized carbons (Fsp3) is 0.556. The van der Waals surface area contributed by atoms with Crippen LogP contribution in [0.25, 0.3) is 0 Å². The second-order valence-electron chi connectivity index (χ2n) is 4.89. The molecule has 1 saturated heterocycles. The van der Waals surface area contributed by atoms with Crippen LogP contribution in [0.3, 0.4) is 0 Å².